The lowest BCUT2D eigenvalue weighted by Gasteiger charge is -2.16. The highest BCUT2D eigenvalue weighted by Gasteiger charge is 2.31. The Morgan fingerprint density at radius 2 is 1.88 bits per heavy atom. The van der Waals surface area contributed by atoms with Crippen molar-refractivity contribution in [3.05, 3.63) is 63.9 Å². The van der Waals surface area contributed by atoms with Crippen LogP contribution in [-0.4, -0.2) is 11.8 Å². The van der Waals surface area contributed by atoms with Crippen LogP contribution in [0.5, 0.6) is 11.5 Å². The van der Waals surface area contributed by atoms with Crippen molar-refractivity contribution in [2.45, 2.75) is 27.7 Å². The molecule has 134 valence electrons. The van der Waals surface area contributed by atoms with Crippen LogP contribution in [0, 0.1) is 12.3 Å². The van der Waals surface area contributed by atoms with Gasteiger partial charge in [-0.3, -0.25) is 9.59 Å². The second kappa shape index (κ2) is 6.61. The third kappa shape index (κ3) is 3.51. The van der Waals surface area contributed by atoms with Crippen LogP contribution in [0.1, 0.15) is 42.3 Å². The summed E-state index contributed by atoms with van der Waals surface area (Å²) in [7, 11) is 0. The second-order valence-electron chi connectivity index (χ2n) is 7.21. The maximum Gasteiger partial charge on any atom is 0.316 e. The molecule has 1 aliphatic heterocycles. The Balaban J connectivity index is 1.94. The van der Waals surface area contributed by atoms with Gasteiger partial charge in [-0.15, -0.1) is 0 Å². The SMILES string of the molecule is Cc1cc(OC(=O)C(C)(C)C)cc2c1C(=O)/C(=C/c1ccccc1Cl)O2. The quantitative estimate of drug-likeness (QED) is 0.413. The highest BCUT2D eigenvalue weighted by Crippen LogP contribution is 2.38. The van der Waals surface area contributed by atoms with Gasteiger partial charge in [0.25, 0.3) is 0 Å². The van der Waals surface area contributed by atoms with E-state index in [1.807, 2.05) is 12.1 Å². The van der Waals surface area contributed by atoms with Gasteiger partial charge in [-0.2, -0.15) is 0 Å². The molecule has 0 fully saturated rings. The molecule has 3 rings (SSSR count). The Kier molecular flexibility index (Phi) is 4.63. The summed E-state index contributed by atoms with van der Waals surface area (Å²) in [5, 5.41) is 0.531. The van der Waals surface area contributed by atoms with Crippen molar-refractivity contribution in [2.75, 3.05) is 0 Å². The fraction of sp³-hybridized carbons (Fsp3) is 0.238. The molecule has 0 amide bonds. The van der Waals surface area contributed by atoms with Crippen LogP contribution < -0.4 is 9.47 Å². The molecule has 0 saturated carbocycles. The van der Waals surface area contributed by atoms with E-state index in [1.165, 1.54) is 0 Å². The molecule has 0 spiro atoms. The molecule has 2 aromatic rings. The molecule has 0 aromatic heterocycles. The third-order valence-electron chi connectivity index (χ3n) is 3.96. The molecule has 1 aliphatic rings. The summed E-state index contributed by atoms with van der Waals surface area (Å²) in [5.74, 6) is 0.354. The monoisotopic (exact) mass is 370 g/mol. The molecule has 1 heterocycles. The van der Waals surface area contributed by atoms with Crippen molar-refractivity contribution in [1.82, 2.24) is 0 Å². The van der Waals surface area contributed by atoms with E-state index < -0.39 is 5.41 Å². The Labute approximate surface area is 157 Å². The molecule has 4 nitrogen and oxygen atoms in total. The molecule has 0 unspecified atom stereocenters. The number of esters is 1. The van der Waals surface area contributed by atoms with Gasteiger partial charge in [-0.05, 0) is 57.0 Å². The molecular weight excluding hydrogens is 352 g/mol. The molecule has 26 heavy (non-hydrogen) atoms. The molecular formula is C21H19ClO4. The topological polar surface area (TPSA) is 52.6 Å². The fourth-order valence-electron chi connectivity index (χ4n) is 2.53. The number of rotatable bonds is 2. The van der Waals surface area contributed by atoms with Gasteiger partial charge in [-0.25, -0.2) is 0 Å². The first kappa shape index (κ1) is 18.2. The standard InChI is InChI=1S/C21H19ClO4/c1-12-9-14(25-20(24)21(2,3)4)11-16-18(12)19(23)17(26-16)10-13-7-5-6-8-15(13)22/h5-11H,1-4H3/b17-10-. The zero-order valence-electron chi connectivity index (χ0n) is 15.1. The van der Waals surface area contributed by atoms with E-state index in [-0.39, 0.29) is 17.5 Å². The van der Waals surface area contributed by atoms with Crippen LogP contribution >= 0.6 is 11.6 Å². The average molecular weight is 371 g/mol. The lowest BCUT2D eigenvalue weighted by Crippen LogP contribution is -2.25. The largest absolute Gasteiger partial charge is 0.452 e. The maximum absolute atomic E-state index is 12.7. The smallest absolute Gasteiger partial charge is 0.316 e. The molecule has 2 aromatic carbocycles. The molecule has 0 bridgehead atoms. The van der Waals surface area contributed by atoms with Crippen molar-refractivity contribution < 1.29 is 19.1 Å². The van der Waals surface area contributed by atoms with Crippen LogP contribution in [0.25, 0.3) is 6.08 Å². The van der Waals surface area contributed by atoms with Crippen molar-refractivity contribution >= 4 is 29.4 Å². The highest BCUT2D eigenvalue weighted by molar-refractivity contribution is 6.32. The molecule has 0 aliphatic carbocycles. The van der Waals surface area contributed by atoms with Gasteiger partial charge in [0.05, 0.1) is 11.0 Å². The minimum absolute atomic E-state index is 0.190. The Hall–Kier alpha value is -2.59. The Bertz CT molecular complexity index is 936. The number of aryl methyl sites for hydroxylation is 1. The average Bonchev–Trinajstić information content (AvgIpc) is 2.85. The van der Waals surface area contributed by atoms with Crippen molar-refractivity contribution in [3.63, 3.8) is 0 Å². The minimum atomic E-state index is -0.626. The van der Waals surface area contributed by atoms with Crippen LogP contribution in [0.4, 0.5) is 0 Å². The Morgan fingerprint density at radius 3 is 2.54 bits per heavy atom. The van der Waals surface area contributed by atoms with Crippen molar-refractivity contribution in [3.8, 4) is 11.5 Å². The molecule has 0 N–H and O–H groups in total. The Morgan fingerprint density at radius 1 is 1.19 bits per heavy atom. The first-order valence-electron chi connectivity index (χ1n) is 8.22. The lowest BCUT2D eigenvalue weighted by molar-refractivity contribution is -0.143. The number of benzene rings is 2. The number of ketones is 1. The summed E-state index contributed by atoms with van der Waals surface area (Å²) in [6.45, 7) is 7.12. The first-order valence-corrected chi connectivity index (χ1v) is 8.60. The number of halogens is 1. The van der Waals surface area contributed by atoms with Gasteiger partial charge < -0.3 is 9.47 Å². The number of ether oxygens (including phenoxy) is 2. The number of fused-ring (bicyclic) bond motifs is 1. The van der Waals surface area contributed by atoms with Gasteiger partial charge >= 0.3 is 5.97 Å². The summed E-state index contributed by atoms with van der Waals surface area (Å²) in [6, 6.07) is 10.4. The number of carbonyl (C=O) groups is 2. The predicted octanol–water partition coefficient (Wildman–Crippen LogP) is 5.22. The summed E-state index contributed by atoms with van der Waals surface area (Å²) in [6.07, 6.45) is 1.62. The van der Waals surface area contributed by atoms with Crippen LogP contribution in [-0.2, 0) is 4.79 Å². The minimum Gasteiger partial charge on any atom is -0.452 e. The number of allylic oxidation sites excluding steroid dienone is 1. The highest BCUT2D eigenvalue weighted by atomic mass is 35.5. The van der Waals surface area contributed by atoms with E-state index in [1.54, 1.807) is 58.0 Å². The van der Waals surface area contributed by atoms with Crippen LogP contribution in [0.2, 0.25) is 5.02 Å². The predicted molar refractivity (Wildman–Crippen MR) is 101 cm³/mol. The summed E-state index contributed by atoms with van der Waals surface area (Å²) >= 11 is 6.15. The van der Waals surface area contributed by atoms with E-state index in [2.05, 4.69) is 0 Å². The van der Waals surface area contributed by atoms with Crippen LogP contribution in [0.15, 0.2) is 42.2 Å². The van der Waals surface area contributed by atoms with Gasteiger partial charge in [-0.1, -0.05) is 29.8 Å². The second-order valence-corrected chi connectivity index (χ2v) is 7.62. The summed E-state index contributed by atoms with van der Waals surface area (Å²) < 4.78 is 11.2. The first-order chi connectivity index (χ1) is 12.2. The molecule has 5 heteroatoms. The normalized spacial score (nSPS) is 15.0. The lowest BCUT2D eigenvalue weighted by atomic mass is 9.97. The molecule has 0 radical (unpaired) electrons. The molecule has 0 atom stereocenters. The van der Waals surface area contributed by atoms with E-state index in [4.69, 9.17) is 21.1 Å². The van der Waals surface area contributed by atoms with Crippen molar-refractivity contribution in [2.24, 2.45) is 5.41 Å². The van der Waals surface area contributed by atoms with E-state index in [9.17, 15) is 9.59 Å². The zero-order valence-corrected chi connectivity index (χ0v) is 15.8. The number of Topliss-reactive ketones (excluding diaryl/α,β-unsaturated/α-hetero) is 1. The number of hydrogen-bond donors (Lipinski definition) is 0. The maximum atomic E-state index is 12.7. The zero-order chi connectivity index (χ0) is 19.1. The van der Waals surface area contributed by atoms with Gasteiger partial charge in [0.2, 0.25) is 5.78 Å². The van der Waals surface area contributed by atoms with Gasteiger partial charge in [0.15, 0.2) is 5.76 Å². The number of carbonyl (C=O) groups excluding carboxylic acids is 2. The van der Waals surface area contributed by atoms with Crippen molar-refractivity contribution in [1.29, 1.82) is 0 Å². The fourth-order valence-corrected chi connectivity index (χ4v) is 2.72. The number of hydrogen-bond acceptors (Lipinski definition) is 4. The van der Waals surface area contributed by atoms with Gasteiger partial charge in [0, 0.05) is 11.1 Å². The molecule has 0 saturated heterocycles. The van der Waals surface area contributed by atoms with Gasteiger partial charge in [0.1, 0.15) is 11.5 Å². The summed E-state index contributed by atoms with van der Waals surface area (Å²) in [4.78, 5) is 24.8. The third-order valence-corrected chi connectivity index (χ3v) is 4.30. The van der Waals surface area contributed by atoms with E-state index in [0.29, 0.717) is 33.2 Å². The van der Waals surface area contributed by atoms with E-state index in [0.717, 1.165) is 0 Å². The van der Waals surface area contributed by atoms with E-state index >= 15 is 0 Å². The summed E-state index contributed by atoms with van der Waals surface area (Å²) in [5.41, 5.74) is 1.23. The van der Waals surface area contributed by atoms with Crippen LogP contribution in [0.3, 0.4) is 0 Å².